The zero-order valence-corrected chi connectivity index (χ0v) is 17.0. The number of fused-ring (bicyclic) bond motifs is 1. The van der Waals surface area contributed by atoms with Crippen molar-refractivity contribution in [3.63, 3.8) is 0 Å². The van der Waals surface area contributed by atoms with E-state index in [1.807, 2.05) is 54.1 Å². The van der Waals surface area contributed by atoms with Gasteiger partial charge in [0, 0.05) is 23.4 Å². The fourth-order valence-corrected chi connectivity index (χ4v) is 4.58. The average Bonchev–Trinajstić information content (AvgIpc) is 2.96. The number of nitrogens with zero attached hydrogens (tertiary/aromatic N) is 2. The van der Waals surface area contributed by atoms with Crippen LogP contribution in [-0.2, 0) is 11.8 Å². The second-order valence-electron chi connectivity index (χ2n) is 5.66. The first-order chi connectivity index (χ1) is 12.6. The number of amides is 1. The third-order valence-electron chi connectivity index (χ3n) is 3.84. The van der Waals surface area contributed by atoms with Crippen molar-refractivity contribution < 1.29 is 9.53 Å². The molecule has 2 aromatic carbocycles. The van der Waals surface area contributed by atoms with Crippen molar-refractivity contribution in [2.75, 3.05) is 12.9 Å². The van der Waals surface area contributed by atoms with Gasteiger partial charge in [-0.3, -0.25) is 4.79 Å². The van der Waals surface area contributed by atoms with Gasteiger partial charge in [0.25, 0.3) is 0 Å². The number of benzene rings is 2. The Morgan fingerprint density at radius 3 is 2.77 bits per heavy atom. The second kappa shape index (κ2) is 8.75. The number of rotatable bonds is 6. The lowest BCUT2D eigenvalue weighted by Gasteiger charge is -2.03. The Morgan fingerprint density at radius 2 is 2.04 bits per heavy atom. The molecule has 0 fully saturated rings. The molecule has 0 radical (unpaired) electrons. The number of para-hydroxylation sites is 1. The van der Waals surface area contributed by atoms with Gasteiger partial charge in [-0.05, 0) is 48.6 Å². The predicted molar refractivity (Wildman–Crippen MR) is 109 cm³/mol. The van der Waals surface area contributed by atoms with Gasteiger partial charge in [0.1, 0.15) is 11.3 Å². The third-order valence-corrected chi connectivity index (χ3v) is 6.29. The molecule has 136 valence electrons. The molecule has 1 aromatic heterocycles. The van der Waals surface area contributed by atoms with E-state index in [2.05, 4.69) is 4.99 Å². The molecular weight excluding hydrogens is 388 g/mol. The smallest absolute Gasteiger partial charge is 0.248 e. The molecule has 3 rings (SSSR count). The molecule has 4 nitrogen and oxygen atoms in total. The van der Waals surface area contributed by atoms with Crippen LogP contribution in [0.15, 0.2) is 52.4 Å². The van der Waals surface area contributed by atoms with Crippen LogP contribution in [0, 0.1) is 0 Å². The number of carbonyl (C=O) groups excluding carboxylic acids is 1. The number of methoxy groups -OCH3 is 1. The molecule has 0 aliphatic heterocycles. The van der Waals surface area contributed by atoms with E-state index in [-0.39, 0.29) is 5.91 Å². The van der Waals surface area contributed by atoms with Crippen LogP contribution in [0.4, 0.5) is 0 Å². The summed E-state index contributed by atoms with van der Waals surface area (Å²) in [5, 5.41) is 0.733. The average molecular weight is 407 g/mol. The Kier molecular flexibility index (Phi) is 6.40. The SMILES string of the molecule is COc1cccc2sc(=NC(=O)CCCSc3ccc(Cl)cc3)n(C)c12. The van der Waals surface area contributed by atoms with Crippen LogP contribution in [0.2, 0.25) is 5.02 Å². The zero-order valence-electron chi connectivity index (χ0n) is 14.6. The minimum absolute atomic E-state index is 0.0946. The summed E-state index contributed by atoms with van der Waals surface area (Å²) < 4.78 is 8.37. The van der Waals surface area contributed by atoms with Gasteiger partial charge in [-0.1, -0.05) is 29.0 Å². The number of ether oxygens (including phenoxy) is 1. The highest BCUT2D eigenvalue weighted by Crippen LogP contribution is 2.26. The fraction of sp³-hybridized carbons (Fsp3) is 0.263. The van der Waals surface area contributed by atoms with Crippen LogP contribution < -0.4 is 9.54 Å². The van der Waals surface area contributed by atoms with Crippen LogP contribution in [0.5, 0.6) is 5.75 Å². The minimum Gasteiger partial charge on any atom is -0.495 e. The maximum Gasteiger partial charge on any atom is 0.248 e. The van der Waals surface area contributed by atoms with Crippen LogP contribution >= 0.6 is 34.7 Å². The number of carbonyl (C=O) groups is 1. The molecule has 3 aromatic rings. The normalized spacial score (nSPS) is 11.9. The summed E-state index contributed by atoms with van der Waals surface area (Å²) in [7, 11) is 3.55. The summed E-state index contributed by atoms with van der Waals surface area (Å²) in [5.74, 6) is 1.56. The molecule has 0 aliphatic carbocycles. The van der Waals surface area contributed by atoms with Gasteiger partial charge in [-0.15, -0.1) is 11.8 Å². The van der Waals surface area contributed by atoms with E-state index in [0.717, 1.165) is 38.1 Å². The molecule has 0 N–H and O–H groups in total. The highest BCUT2D eigenvalue weighted by molar-refractivity contribution is 7.99. The molecule has 0 spiro atoms. The van der Waals surface area contributed by atoms with E-state index < -0.39 is 0 Å². The van der Waals surface area contributed by atoms with Gasteiger partial charge >= 0.3 is 0 Å². The molecule has 0 aliphatic rings. The molecule has 26 heavy (non-hydrogen) atoms. The van der Waals surface area contributed by atoms with Crippen molar-refractivity contribution in [2.24, 2.45) is 12.0 Å². The van der Waals surface area contributed by atoms with E-state index in [9.17, 15) is 4.79 Å². The van der Waals surface area contributed by atoms with Crippen molar-refractivity contribution in [3.8, 4) is 5.75 Å². The minimum atomic E-state index is -0.0946. The topological polar surface area (TPSA) is 43.6 Å². The summed E-state index contributed by atoms with van der Waals surface area (Å²) in [6.07, 6.45) is 1.22. The molecular formula is C19H19ClN2O2S2. The molecule has 7 heteroatoms. The standard InChI is InChI=1S/C19H19ClN2O2S2/c1-22-18-15(24-2)5-3-6-16(18)26-19(22)21-17(23)7-4-12-25-14-10-8-13(20)9-11-14/h3,5-6,8-11H,4,7,12H2,1-2H3. The molecule has 0 atom stereocenters. The van der Waals surface area contributed by atoms with Crippen molar-refractivity contribution in [1.29, 1.82) is 0 Å². The predicted octanol–water partition coefficient (Wildman–Crippen LogP) is 4.90. The number of hydrogen-bond acceptors (Lipinski definition) is 4. The molecule has 0 unspecified atom stereocenters. The molecule has 0 saturated heterocycles. The monoisotopic (exact) mass is 406 g/mol. The van der Waals surface area contributed by atoms with E-state index >= 15 is 0 Å². The summed E-state index contributed by atoms with van der Waals surface area (Å²) in [6, 6.07) is 13.6. The first-order valence-corrected chi connectivity index (χ1v) is 10.3. The summed E-state index contributed by atoms with van der Waals surface area (Å²) >= 11 is 9.09. The Labute approximate surface area is 165 Å². The van der Waals surface area contributed by atoms with E-state index in [1.165, 1.54) is 11.3 Å². The zero-order chi connectivity index (χ0) is 18.5. The second-order valence-corrected chi connectivity index (χ2v) is 8.28. The third kappa shape index (κ3) is 4.50. The summed E-state index contributed by atoms with van der Waals surface area (Å²) in [5.41, 5.74) is 0.963. The maximum atomic E-state index is 12.2. The van der Waals surface area contributed by atoms with Crippen LogP contribution in [0.25, 0.3) is 10.2 Å². The Bertz CT molecular complexity index is 977. The van der Waals surface area contributed by atoms with E-state index in [4.69, 9.17) is 16.3 Å². The fourth-order valence-electron chi connectivity index (χ4n) is 2.55. The lowest BCUT2D eigenvalue weighted by Crippen LogP contribution is -2.13. The summed E-state index contributed by atoms with van der Waals surface area (Å²) in [6.45, 7) is 0. The highest BCUT2D eigenvalue weighted by Gasteiger charge is 2.09. The quantitative estimate of drug-likeness (QED) is 0.432. The summed E-state index contributed by atoms with van der Waals surface area (Å²) in [4.78, 5) is 18.4. The first kappa shape index (κ1) is 19.0. The van der Waals surface area contributed by atoms with E-state index in [0.29, 0.717) is 11.2 Å². The number of thioether (sulfide) groups is 1. The largest absolute Gasteiger partial charge is 0.495 e. The maximum absolute atomic E-state index is 12.2. The number of thiazole rings is 1. The Morgan fingerprint density at radius 1 is 1.27 bits per heavy atom. The van der Waals surface area contributed by atoms with Crippen LogP contribution in [0.3, 0.4) is 0 Å². The van der Waals surface area contributed by atoms with Crippen molar-refractivity contribution in [2.45, 2.75) is 17.7 Å². The number of aryl methyl sites for hydroxylation is 1. The molecule has 1 amide bonds. The van der Waals surface area contributed by atoms with Gasteiger partial charge in [0.15, 0.2) is 4.80 Å². The van der Waals surface area contributed by atoms with Gasteiger partial charge in [0.2, 0.25) is 5.91 Å². The highest BCUT2D eigenvalue weighted by atomic mass is 35.5. The molecule has 1 heterocycles. The van der Waals surface area contributed by atoms with Crippen LogP contribution in [0.1, 0.15) is 12.8 Å². The number of halogens is 1. The number of hydrogen-bond donors (Lipinski definition) is 0. The van der Waals surface area contributed by atoms with E-state index in [1.54, 1.807) is 18.9 Å². The van der Waals surface area contributed by atoms with Crippen molar-refractivity contribution >= 4 is 50.8 Å². The first-order valence-electron chi connectivity index (χ1n) is 8.17. The van der Waals surface area contributed by atoms with Crippen molar-refractivity contribution in [1.82, 2.24) is 4.57 Å². The Balaban J connectivity index is 1.63. The lowest BCUT2D eigenvalue weighted by atomic mass is 10.3. The van der Waals surface area contributed by atoms with Crippen LogP contribution in [-0.4, -0.2) is 23.3 Å². The van der Waals surface area contributed by atoms with Gasteiger partial charge in [-0.2, -0.15) is 4.99 Å². The van der Waals surface area contributed by atoms with Crippen molar-refractivity contribution in [3.05, 3.63) is 52.3 Å². The molecule has 0 saturated carbocycles. The molecule has 0 bridgehead atoms. The number of aromatic nitrogens is 1. The Hall–Kier alpha value is -1.76. The van der Waals surface area contributed by atoms with Gasteiger partial charge in [-0.25, -0.2) is 0 Å². The van der Waals surface area contributed by atoms with Gasteiger partial charge < -0.3 is 9.30 Å². The van der Waals surface area contributed by atoms with Gasteiger partial charge in [0.05, 0.1) is 11.8 Å². The lowest BCUT2D eigenvalue weighted by molar-refractivity contribution is -0.118.